The van der Waals surface area contributed by atoms with Gasteiger partial charge in [0.25, 0.3) is 11.7 Å². The highest BCUT2D eigenvalue weighted by Crippen LogP contribution is 2.41. The number of ketones is 1. The fourth-order valence-electron chi connectivity index (χ4n) is 3.82. The van der Waals surface area contributed by atoms with E-state index in [1.165, 1.54) is 11.3 Å². The van der Waals surface area contributed by atoms with Gasteiger partial charge in [-0.2, -0.15) is 0 Å². The predicted molar refractivity (Wildman–Crippen MR) is 115 cm³/mol. The van der Waals surface area contributed by atoms with E-state index in [1.54, 1.807) is 11.1 Å². The lowest BCUT2D eigenvalue weighted by Gasteiger charge is -2.24. The van der Waals surface area contributed by atoms with Crippen LogP contribution in [0.15, 0.2) is 53.5 Å². The molecule has 3 heterocycles. The number of nitrogens with zero attached hydrogens (tertiary/aromatic N) is 2. The third-order valence-electron chi connectivity index (χ3n) is 5.20. The monoisotopic (exact) mass is 409 g/mol. The second kappa shape index (κ2) is 7.85. The first-order valence-corrected chi connectivity index (χ1v) is 10.4. The standard InChI is InChI=1S/C22H23N3O3S/c1-24(2)10-6-11-25-19(17-9-5-12-29-17)18(21(27)22(25)28)20(26)15-13-23-16-8-4-3-7-14(15)16/h3-5,7-9,12-13,19,23,26H,6,10-11H2,1-2H3/b20-18+. The lowest BCUT2D eigenvalue weighted by atomic mass is 9.99. The van der Waals surface area contributed by atoms with Gasteiger partial charge >= 0.3 is 0 Å². The van der Waals surface area contributed by atoms with E-state index in [0.29, 0.717) is 12.1 Å². The summed E-state index contributed by atoms with van der Waals surface area (Å²) < 4.78 is 0. The minimum Gasteiger partial charge on any atom is -0.507 e. The minimum atomic E-state index is -0.629. The molecule has 1 atom stereocenters. The molecule has 1 aliphatic rings. The summed E-state index contributed by atoms with van der Waals surface area (Å²) in [5.74, 6) is -1.31. The predicted octanol–water partition coefficient (Wildman–Crippen LogP) is 3.60. The summed E-state index contributed by atoms with van der Waals surface area (Å²) in [6.07, 6.45) is 2.43. The summed E-state index contributed by atoms with van der Waals surface area (Å²) in [5, 5.41) is 13.9. The van der Waals surface area contributed by atoms with E-state index < -0.39 is 17.7 Å². The summed E-state index contributed by atoms with van der Waals surface area (Å²) >= 11 is 1.48. The molecule has 2 aromatic heterocycles. The van der Waals surface area contributed by atoms with Crippen molar-refractivity contribution in [3.8, 4) is 0 Å². The number of Topliss-reactive ketones (excluding diaryl/α,β-unsaturated/α-hetero) is 1. The molecular formula is C22H23N3O3S. The van der Waals surface area contributed by atoms with Gasteiger partial charge in [0.05, 0.1) is 11.6 Å². The first kappa shape index (κ1) is 19.4. The molecule has 150 valence electrons. The van der Waals surface area contributed by atoms with Gasteiger partial charge in [0.15, 0.2) is 0 Å². The topological polar surface area (TPSA) is 76.6 Å². The molecule has 0 radical (unpaired) electrons. The second-order valence-corrected chi connectivity index (χ2v) is 8.39. The average molecular weight is 410 g/mol. The zero-order valence-corrected chi connectivity index (χ0v) is 17.2. The molecule has 7 heteroatoms. The molecule has 0 spiro atoms. The molecule has 0 bridgehead atoms. The molecule has 1 unspecified atom stereocenters. The number of hydrogen-bond donors (Lipinski definition) is 2. The normalized spacial score (nSPS) is 19.0. The molecule has 0 saturated carbocycles. The molecule has 1 aromatic carbocycles. The van der Waals surface area contributed by atoms with Crippen molar-refractivity contribution in [2.24, 2.45) is 0 Å². The van der Waals surface area contributed by atoms with Crippen LogP contribution in [0.25, 0.3) is 16.7 Å². The number of H-pyrrole nitrogens is 1. The van der Waals surface area contributed by atoms with Gasteiger partial charge in [-0.15, -0.1) is 11.3 Å². The maximum absolute atomic E-state index is 13.0. The van der Waals surface area contributed by atoms with Crippen LogP contribution in [0.4, 0.5) is 0 Å². The van der Waals surface area contributed by atoms with Crippen LogP contribution in [0.3, 0.4) is 0 Å². The highest BCUT2D eigenvalue weighted by molar-refractivity contribution is 7.10. The minimum absolute atomic E-state index is 0.130. The summed E-state index contributed by atoms with van der Waals surface area (Å²) in [5.41, 5.74) is 1.56. The van der Waals surface area contributed by atoms with E-state index >= 15 is 0 Å². The Morgan fingerprint density at radius 3 is 2.72 bits per heavy atom. The number of hydrogen-bond acceptors (Lipinski definition) is 5. The molecule has 29 heavy (non-hydrogen) atoms. The van der Waals surface area contributed by atoms with Crippen molar-refractivity contribution in [3.63, 3.8) is 0 Å². The third kappa shape index (κ3) is 3.47. The maximum atomic E-state index is 13.0. The lowest BCUT2D eigenvalue weighted by molar-refractivity contribution is -0.139. The van der Waals surface area contributed by atoms with Crippen molar-refractivity contribution in [2.75, 3.05) is 27.2 Å². The number of fused-ring (bicyclic) bond motifs is 1. The molecule has 1 aliphatic heterocycles. The number of benzene rings is 1. The fraction of sp³-hybridized carbons (Fsp3) is 0.273. The molecule has 1 amide bonds. The Morgan fingerprint density at radius 2 is 2.00 bits per heavy atom. The summed E-state index contributed by atoms with van der Waals surface area (Å²) in [7, 11) is 3.95. The summed E-state index contributed by atoms with van der Waals surface area (Å²) in [4.78, 5) is 33.4. The van der Waals surface area contributed by atoms with Crippen LogP contribution in [0.2, 0.25) is 0 Å². The molecule has 6 nitrogen and oxygen atoms in total. The van der Waals surface area contributed by atoms with E-state index in [2.05, 4.69) is 4.98 Å². The van der Waals surface area contributed by atoms with Gasteiger partial charge in [-0.3, -0.25) is 9.59 Å². The Morgan fingerprint density at radius 1 is 1.21 bits per heavy atom. The number of aliphatic hydroxyl groups is 1. The van der Waals surface area contributed by atoms with Crippen molar-refractivity contribution >= 4 is 39.7 Å². The number of nitrogens with one attached hydrogen (secondary N) is 1. The molecule has 4 rings (SSSR count). The third-order valence-corrected chi connectivity index (χ3v) is 6.13. The van der Waals surface area contributed by atoms with Crippen LogP contribution in [-0.2, 0) is 9.59 Å². The van der Waals surface area contributed by atoms with Crippen molar-refractivity contribution in [3.05, 3.63) is 64.0 Å². The van der Waals surface area contributed by atoms with Crippen molar-refractivity contribution in [1.29, 1.82) is 0 Å². The van der Waals surface area contributed by atoms with Crippen LogP contribution in [0.1, 0.15) is 22.9 Å². The number of rotatable bonds is 6. The van der Waals surface area contributed by atoms with Gasteiger partial charge in [-0.25, -0.2) is 0 Å². The largest absolute Gasteiger partial charge is 0.507 e. The summed E-state index contributed by atoms with van der Waals surface area (Å²) in [6.45, 7) is 1.26. The number of para-hydroxylation sites is 1. The molecule has 0 aliphatic carbocycles. The zero-order chi connectivity index (χ0) is 20.5. The van der Waals surface area contributed by atoms with Gasteiger partial charge in [0.2, 0.25) is 0 Å². The number of thiophene rings is 1. The smallest absolute Gasteiger partial charge is 0.295 e. The van der Waals surface area contributed by atoms with E-state index in [9.17, 15) is 14.7 Å². The molecule has 3 aromatic rings. The van der Waals surface area contributed by atoms with Crippen molar-refractivity contribution < 1.29 is 14.7 Å². The number of aromatic amines is 1. The molecule has 1 saturated heterocycles. The number of carbonyl (C=O) groups is 2. The Balaban J connectivity index is 1.81. The van der Waals surface area contributed by atoms with E-state index in [0.717, 1.165) is 28.7 Å². The molecule has 1 fully saturated rings. The van der Waals surface area contributed by atoms with Crippen molar-refractivity contribution in [1.82, 2.24) is 14.8 Å². The van der Waals surface area contributed by atoms with Crippen LogP contribution >= 0.6 is 11.3 Å². The first-order chi connectivity index (χ1) is 14.0. The SMILES string of the molecule is CN(C)CCCN1C(=O)C(=O)/C(=C(/O)c2c[nH]c3ccccc23)C1c1cccs1. The van der Waals surface area contributed by atoms with Gasteiger partial charge in [-0.05, 0) is 44.6 Å². The maximum Gasteiger partial charge on any atom is 0.295 e. The number of amides is 1. The zero-order valence-electron chi connectivity index (χ0n) is 16.4. The van der Waals surface area contributed by atoms with E-state index in [1.807, 2.05) is 60.8 Å². The number of aromatic nitrogens is 1. The van der Waals surface area contributed by atoms with Crippen LogP contribution < -0.4 is 0 Å². The van der Waals surface area contributed by atoms with Gasteiger partial charge in [0, 0.05) is 34.1 Å². The lowest BCUT2D eigenvalue weighted by Crippen LogP contribution is -2.32. The molecular weight excluding hydrogens is 386 g/mol. The number of carbonyl (C=O) groups excluding carboxylic acids is 2. The summed E-state index contributed by atoms with van der Waals surface area (Å²) in [6, 6.07) is 10.8. The first-order valence-electron chi connectivity index (χ1n) is 9.52. The van der Waals surface area contributed by atoms with E-state index in [-0.39, 0.29) is 11.3 Å². The Hall–Kier alpha value is -2.90. The van der Waals surface area contributed by atoms with Crippen LogP contribution in [0.5, 0.6) is 0 Å². The van der Waals surface area contributed by atoms with Gasteiger partial charge in [-0.1, -0.05) is 24.3 Å². The Bertz CT molecular complexity index is 1080. The molecule has 2 N–H and O–H groups in total. The van der Waals surface area contributed by atoms with Crippen LogP contribution in [0, 0.1) is 0 Å². The highest BCUT2D eigenvalue weighted by Gasteiger charge is 2.46. The highest BCUT2D eigenvalue weighted by atomic mass is 32.1. The Labute approximate surface area is 173 Å². The van der Waals surface area contributed by atoms with E-state index in [4.69, 9.17) is 0 Å². The quantitative estimate of drug-likeness (QED) is 0.370. The fourth-order valence-corrected chi connectivity index (χ4v) is 4.67. The van der Waals surface area contributed by atoms with Crippen LogP contribution in [-0.4, -0.2) is 58.8 Å². The number of likely N-dealkylation sites (tertiary alicyclic amines) is 1. The Kier molecular flexibility index (Phi) is 5.25. The average Bonchev–Trinajstić information content (AvgIpc) is 3.42. The second-order valence-electron chi connectivity index (χ2n) is 7.41. The van der Waals surface area contributed by atoms with Gasteiger partial charge in [0.1, 0.15) is 5.76 Å². The van der Waals surface area contributed by atoms with Gasteiger partial charge < -0.3 is 19.9 Å². The number of aliphatic hydroxyl groups excluding tert-OH is 1. The van der Waals surface area contributed by atoms with Crippen molar-refractivity contribution in [2.45, 2.75) is 12.5 Å².